The molecule has 4 heteroatoms. The fourth-order valence-electron chi connectivity index (χ4n) is 3.85. The van der Waals surface area contributed by atoms with Gasteiger partial charge in [-0.2, -0.15) is 0 Å². The number of carbonyl (C=O) groups excluding carboxylic acids is 1. The molecule has 3 rings (SSSR count). The number of carbonyl (C=O) groups is 1. The van der Waals surface area contributed by atoms with Crippen molar-refractivity contribution >= 4 is 11.9 Å². The number of benzene rings is 1. The molecule has 1 fully saturated rings. The lowest BCUT2D eigenvalue weighted by Gasteiger charge is -2.37. The number of hydrogen-bond acceptors (Lipinski definition) is 3. The highest BCUT2D eigenvalue weighted by atomic mass is 16.2. The average molecular weight is 285 g/mol. The quantitative estimate of drug-likeness (QED) is 0.908. The largest absolute Gasteiger partial charge is 0.369 e. The van der Waals surface area contributed by atoms with Crippen molar-refractivity contribution in [2.75, 3.05) is 7.05 Å². The lowest BCUT2D eigenvalue weighted by atomic mass is 9.70. The predicted molar refractivity (Wildman–Crippen MR) is 83.8 cm³/mol. The van der Waals surface area contributed by atoms with Crippen LogP contribution in [-0.2, 0) is 10.3 Å². The van der Waals surface area contributed by atoms with Gasteiger partial charge in [-0.25, -0.2) is 4.99 Å². The van der Waals surface area contributed by atoms with Crippen LogP contribution in [0.3, 0.4) is 0 Å². The number of hydrogen-bond donors (Lipinski definition) is 1. The van der Waals surface area contributed by atoms with Crippen LogP contribution in [0.5, 0.6) is 0 Å². The van der Waals surface area contributed by atoms with Crippen LogP contribution in [0.1, 0.15) is 43.2 Å². The first-order chi connectivity index (χ1) is 10.1. The van der Waals surface area contributed by atoms with Crippen LogP contribution in [-0.4, -0.2) is 23.8 Å². The SMILES string of the molecule is Cc1ccccc1C1(C2CCCCC2)N=C(N)N(C)C1=O. The molecule has 2 aliphatic rings. The van der Waals surface area contributed by atoms with Gasteiger partial charge in [0.25, 0.3) is 5.91 Å². The van der Waals surface area contributed by atoms with Gasteiger partial charge in [0, 0.05) is 7.05 Å². The number of nitrogens with zero attached hydrogens (tertiary/aromatic N) is 2. The van der Waals surface area contributed by atoms with E-state index < -0.39 is 5.54 Å². The summed E-state index contributed by atoms with van der Waals surface area (Å²) < 4.78 is 0. The molecule has 2 N–H and O–H groups in total. The van der Waals surface area contributed by atoms with E-state index >= 15 is 0 Å². The third kappa shape index (κ3) is 2.04. The monoisotopic (exact) mass is 285 g/mol. The van der Waals surface area contributed by atoms with Gasteiger partial charge in [-0.15, -0.1) is 0 Å². The molecular weight excluding hydrogens is 262 g/mol. The Morgan fingerprint density at radius 2 is 1.90 bits per heavy atom. The molecule has 0 aromatic heterocycles. The van der Waals surface area contributed by atoms with E-state index in [1.54, 1.807) is 7.05 Å². The Hall–Kier alpha value is -1.84. The molecule has 1 heterocycles. The van der Waals surface area contributed by atoms with Gasteiger partial charge in [0.05, 0.1) is 0 Å². The molecule has 1 aromatic carbocycles. The van der Waals surface area contributed by atoms with Crippen LogP contribution in [0.25, 0.3) is 0 Å². The molecule has 112 valence electrons. The van der Waals surface area contributed by atoms with Crippen LogP contribution < -0.4 is 5.73 Å². The highest BCUT2D eigenvalue weighted by molar-refractivity contribution is 6.07. The number of nitrogens with two attached hydrogens (primary N) is 1. The molecule has 0 bridgehead atoms. The fraction of sp³-hybridized carbons (Fsp3) is 0.529. The first-order valence-corrected chi connectivity index (χ1v) is 7.77. The molecule has 1 atom stereocenters. The summed E-state index contributed by atoms with van der Waals surface area (Å²) in [4.78, 5) is 19.2. The van der Waals surface area contributed by atoms with Crippen LogP contribution in [0, 0.1) is 12.8 Å². The van der Waals surface area contributed by atoms with E-state index in [2.05, 4.69) is 13.0 Å². The van der Waals surface area contributed by atoms with Gasteiger partial charge >= 0.3 is 0 Å². The normalized spacial score (nSPS) is 27.0. The van der Waals surface area contributed by atoms with Gasteiger partial charge in [-0.3, -0.25) is 9.69 Å². The van der Waals surface area contributed by atoms with Gasteiger partial charge in [0.1, 0.15) is 0 Å². The lowest BCUT2D eigenvalue weighted by molar-refractivity contribution is -0.133. The molecule has 4 nitrogen and oxygen atoms in total. The van der Waals surface area contributed by atoms with E-state index in [1.165, 1.54) is 24.2 Å². The summed E-state index contributed by atoms with van der Waals surface area (Å²) in [7, 11) is 1.73. The number of aliphatic imine (C=N–C) groups is 1. The highest BCUT2D eigenvalue weighted by Crippen LogP contribution is 2.46. The maximum atomic E-state index is 13.0. The molecule has 1 aromatic rings. The second kappa shape index (κ2) is 5.17. The third-order valence-corrected chi connectivity index (χ3v) is 5.02. The van der Waals surface area contributed by atoms with Gasteiger partial charge in [0.2, 0.25) is 0 Å². The Morgan fingerprint density at radius 1 is 1.24 bits per heavy atom. The second-order valence-electron chi connectivity index (χ2n) is 6.25. The van der Waals surface area contributed by atoms with Crippen LogP contribution >= 0.6 is 0 Å². The molecule has 0 spiro atoms. The van der Waals surface area contributed by atoms with Gasteiger partial charge < -0.3 is 5.73 Å². The van der Waals surface area contributed by atoms with E-state index in [0.29, 0.717) is 5.96 Å². The minimum absolute atomic E-state index is 0.0289. The van der Waals surface area contributed by atoms with Crippen LogP contribution in [0.15, 0.2) is 29.3 Å². The van der Waals surface area contributed by atoms with Crippen LogP contribution in [0.2, 0.25) is 0 Å². The maximum Gasteiger partial charge on any atom is 0.261 e. The molecule has 1 aliphatic heterocycles. The third-order valence-electron chi connectivity index (χ3n) is 5.02. The minimum atomic E-state index is -0.801. The second-order valence-corrected chi connectivity index (χ2v) is 6.25. The van der Waals surface area contributed by atoms with Crippen molar-refractivity contribution in [3.8, 4) is 0 Å². The molecule has 1 saturated carbocycles. The first-order valence-electron chi connectivity index (χ1n) is 7.77. The number of aryl methyl sites for hydroxylation is 1. The lowest BCUT2D eigenvalue weighted by Crippen LogP contribution is -2.45. The summed E-state index contributed by atoms with van der Waals surface area (Å²) in [5.74, 6) is 0.623. The zero-order valence-corrected chi connectivity index (χ0v) is 12.8. The summed E-state index contributed by atoms with van der Waals surface area (Å²) in [6, 6.07) is 8.09. The van der Waals surface area contributed by atoms with Gasteiger partial charge in [-0.1, -0.05) is 43.5 Å². The van der Waals surface area contributed by atoms with E-state index in [1.807, 2.05) is 18.2 Å². The predicted octanol–water partition coefficient (Wildman–Crippen LogP) is 2.56. The summed E-state index contributed by atoms with van der Waals surface area (Å²) in [6.45, 7) is 2.05. The first kappa shape index (κ1) is 14.1. The molecule has 21 heavy (non-hydrogen) atoms. The Bertz CT molecular complexity index is 589. The van der Waals surface area contributed by atoms with Crippen molar-refractivity contribution in [2.45, 2.75) is 44.6 Å². The molecule has 0 radical (unpaired) electrons. The fourth-order valence-corrected chi connectivity index (χ4v) is 3.85. The van der Waals surface area contributed by atoms with Crippen molar-refractivity contribution in [1.29, 1.82) is 0 Å². The van der Waals surface area contributed by atoms with Crippen molar-refractivity contribution in [3.05, 3.63) is 35.4 Å². The zero-order chi connectivity index (χ0) is 15.0. The van der Waals surface area contributed by atoms with Crippen molar-refractivity contribution in [2.24, 2.45) is 16.6 Å². The highest BCUT2D eigenvalue weighted by Gasteiger charge is 2.53. The Balaban J connectivity index is 2.16. The van der Waals surface area contributed by atoms with Crippen molar-refractivity contribution in [1.82, 2.24) is 4.90 Å². The Labute approximate surface area is 126 Å². The number of likely N-dealkylation sites (N-methyl/N-ethyl adjacent to an activating group) is 1. The number of guanidine groups is 1. The van der Waals surface area contributed by atoms with E-state index in [-0.39, 0.29) is 11.8 Å². The number of rotatable bonds is 2. The smallest absolute Gasteiger partial charge is 0.261 e. The Kier molecular flexibility index (Phi) is 3.47. The van der Waals surface area contributed by atoms with E-state index in [0.717, 1.165) is 24.0 Å². The Morgan fingerprint density at radius 3 is 2.48 bits per heavy atom. The summed E-state index contributed by atoms with van der Waals surface area (Å²) in [6.07, 6.45) is 5.69. The van der Waals surface area contributed by atoms with E-state index in [4.69, 9.17) is 10.7 Å². The minimum Gasteiger partial charge on any atom is -0.369 e. The molecule has 0 saturated heterocycles. The standard InChI is InChI=1S/C17H23N3O/c1-12-8-6-7-11-14(12)17(13-9-4-3-5-10-13)15(21)20(2)16(18)19-17/h6-8,11,13H,3-5,9-10H2,1-2H3,(H2,18,19). The zero-order valence-electron chi connectivity index (χ0n) is 12.8. The van der Waals surface area contributed by atoms with Gasteiger partial charge in [0.15, 0.2) is 11.5 Å². The summed E-state index contributed by atoms with van der Waals surface area (Å²) >= 11 is 0. The number of amides is 1. The van der Waals surface area contributed by atoms with E-state index in [9.17, 15) is 4.79 Å². The molecular formula is C17H23N3O. The molecule has 1 aliphatic carbocycles. The summed E-state index contributed by atoms with van der Waals surface area (Å²) in [5, 5.41) is 0. The molecule has 1 unspecified atom stereocenters. The summed E-state index contributed by atoms with van der Waals surface area (Å²) in [5.41, 5.74) is 7.33. The topological polar surface area (TPSA) is 58.7 Å². The van der Waals surface area contributed by atoms with Crippen molar-refractivity contribution in [3.63, 3.8) is 0 Å². The maximum absolute atomic E-state index is 13.0. The van der Waals surface area contributed by atoms with Crippen molar-refractivity contribution < 1.29 is 4.79 Å². The van der Waals surface area contributed by atoms with Crippen LogP contribution in [0.4, 0.5) is 0 Å². The molecule has 1 amide bonds. The van der Waals surface area contributed by atoms with Gasteiger partial charge in [-0.05, 0) is 36.8 Å². The average Bonchev–Trinajstić information content (AvgIpc) is 2.74.